The summed E-state index contributed by atoms with van der Waals surface area (Å²) in [6.45, 7) is -0.233. The van der Waals surface area contributed by atoms with E-state index in [1.807, 2.05) is 18.2 Å². The number of rotatable bonds is 12. The van der Waals surface area contributed by atoms with Gasteiger partial charge in [0.25, 0.3) is 0 Å². The Labute approximate surface area is 201 Å². The molecule has 33 heavy (non-hydrogen) atoms. The van der Waals surface area contributed by atoms with Crippen molar-refractivity contribution in [2.75, 3.05) is 27.6 Å². The van der Waals surface area contributed by atoms with E-state index in [2.05, 4.69) is 0 Å². The van der Waals surface area contributed by atoms with Gasteiger partial charge in [-0.15, -0.1) is 0 Å². The summed E-state index contributed by atoms with van der Waals surface area (Å²) >= 11 is 7.21. The average molecular weight is 515 g/mol. The van der Waals surface area contributed by atoms with Crippen LogP contribution in [0.4, 0.5) is 0 Å². The first-order valence-corrected chi connectivity index (χ1v) is 12.7. The number of hydrogen-bond donors (Lipinski definition) is 0. The zero-order valence-electron chi connectivity index (χ0n) is 18.1. The second-order valence-corrected chi connectivity index (χ2v) is 10.6. The van der Waals surface area contributed by atoms with Crippen LogP contribution in [-0.4, -0.2) is 43.8 Å². The molecule has 1 aliphatic rings. The predicted octanol–water partition coefficient (Wildman–Crippen LogP) is 5.00. The third-order valence-electron chi connectivity index (χ3n) is 4.84. The smallest absolute Gasteiger partial charge is 0.476 e. The van der Waals surface area contributed by atoms with Crippen LogP contribution in [0.5, 0.6) is 5.75 Å². The van der Waals surface area contributed by atoms with Gasteiger partial charge in [0.2, 0.25) is 0 Å². The van der Waals surface area contributed by atoms with Crippen molar-refractivity contribution in [3.63, 3.8) is 0 Å². The highest BCUT2D eigenvalue weighted by atomic mass is 35.5. The Kier molecular flexibility index (Phi) is 9.52. The molecule has 0 spiro atoms. The molecule has 1 fully saturated rings. The summed E-state index contributed by atoms with van der Waals surface area (Å²) in [7, 11) is -1.25. The molecule has 3 rings (SSSR count). The Bertz CT molecular complexity index is 1010. The maximum Gasteiger partial charge on any atom is 0.476 e. The van der Waals surface area contributed by atoms with Crippen molar-refractivity contribution in [1.82, 2.24) is 0 Å². The van der Waals surface area contributed by atoms with Crippen molar-refractivity contribution in [3.05, 3.63) is 64.7 Å². The lowest BCUT2D eigenvalue weighted by Crippen LogP contribution is -2.16. The number of carbonyl (C=O) groups is 2. The molecule has 2 aromatic carbocycles. The minimum Gasteiger partial charge on any atom is -0.491 e. The quantitative estimate of drug-likeness (QED) is 0.220. The zero-order valence-corrected chi connectivity index (χ0v) is 20.6. The van der Waals surface area contributed by atoms with Gasteiger partial charge in [-0.05, 0) is 41.8 Å². The Morgan fingerprint density at radius 2 is 1.85 bits per heavy atom. The molecule has 0 aliphatic carbocycles. The minimum atomic E-state index is -3.68. The van der Waals surface area contributed by atoms with E-state index in [0.717, 1.165) is 22.9 Å². The number of hydrogen-bond acceptors (Lipinski definition) is 9. The maximum absolute atomic E-state index is 12.1. The Morgan fingerprint density at radius 1 is 1.12 bits per heavy atom. The van der Waals surface area contributed by atoms with Crippen molar-refractivity contribution < 1.29 is 37.2 Å². The molecule has 1 aliphatic heterocycles. The van der Waals surface area contributed by atoms with Gasteiger partial charge < -0.3 is 9.47 Å². The van der Waals surface area contributed by atoms with Gasteiger partial charge in [0.15, 0.2) is 17.7 Å². The van der Waals surface area contributed by atoms with Gasteiger partial charge in [0, 0.05) is 19.2 Å². The Morgan fingerprint density at radius 3 is 2.45 bits per heavy atom. The molecule has 0 radical (unpaired) electrons. The number of phosphoric ester groups is 1. The van der Waals surface area contributed by atoms with Gasteiger partial charge in [0.05, 0.1) is 11.7 Å². The van der Waals surface area contributed by atoms with E-state index in [9.17, 15) is 14.2 Å². The van der Waals surface area contributed by atoms with Crippen LogP contribution in [0.15, 0.2) is 48.5 Å². The van der Waals surface area contributed by atoms with E-state index in [1.54, 1.807) is 30.3 Å². The lowest BCUT2D eigenvalue weighted by atomic mass is 10.1. The molecule has 2 unspecified atom stereocenters. The summed E-state index contributed by atoms with van der Waals surface area (Å²) in [4.78, 5) is 23.3. The van der Waals surface area contributed by atoms with Crippen LogP contribution >= 0.6 is 31.2 Å². The standard InChI is InChI=1S/C22H24ClO8PS/c1-27-32(26,28-2)31-14-30-20(16-4-3-5-17(23)11-16)13-29-18-8-6-15(7-9-18)10-21-19(24)12-22(25)33-21/h3-9,11,20-21H,10,12-14H2,1-2H3. The van der Waals surface area contributed by atoms with Crippen LogP contribution in [0, 0.1) is 0 Å². The number of phosphoric acid groups is 1. The fourth-order valence-electron chi connectivity index (χ4n) is 3.09. The summed E-state index contributed by atoms with van der Waals surface area (Å²) < 4.78 is 38.2. The van der Waals surface area contributed by atoms with Gasteiger partial charge in [0.1, 0.15) is 18.5 Å². The molecule has 1 saturated heterocycles. The van der Waals surface area contributed by atoms with Crippen molar-refractivity contribution in [3.8, 4) is 5.75 Å². The summed E-state index contributed by atoms with van der Waals surface area (Å²) in [5.74, 6) is 0.566. The number of Topliss-reactive ketones (excluding diaryl/α,β-unsaturated/α-hetero) is 1. The van der Waals surface area contributed by atoms with Crippen LogP contribution in [-0.2, 0) is 38.9 Å². The van der Waals surface area contributed by atoms with Gasteiger partial charge in [-0.25, -0.2) is 4.57 Å². The molecule has 178 valence electrons. The number of ketones is 1. The first-order chi connectivity index (χ1) is 15.8. The number of carbonyl (C=O) groups excluding carboxylic acids is 2. The minimum absolute atomic E-state index is 0.00928. The van der Waals surface area contributed by atoms with Crippen LogP contribution < -0.4 is 4.74 Å². The average Bonchev–Trinajstić information content (AvgIpc) is 3.13. The van der Waals surface area contributed by atoms with Gasteiger partial charge in [-0.1, -0.05) is 47.6 Å². The first-order valence-electron chi connectivity index (χ1n) is 9.99. The maximum atomic E-state index is 12.1. The van der Waals surface area contributed by atoms with E-state index in [1.165, 1.54) is 14.2 Å². The number of thioether (sulfide) groups is 1. The lowest BCUT2D eigenvalue weighted by Gasteiger charge is -2.21. The van der Waals surface area contributed by atoms with Crippen LogP contribution in [0.3, 0.4) is 0 Å². The highest BCUT2D eigenvalue weighted by Gasteiger charge is 2.31. The van der Waals surface area contributed by atoms with Crippen molar-refractivity contribution >= 4 is 42.1 Å². The molecular weight excluding hydrogens is 491 g/mol. The molecule has 0 saturated carbocycles. The van der Waals surface area contributed by atoms with Gasteiger partial charge in [-0.3, -0.25) is 23.2 Å². The summed E-state index contributed by atoms with van der Waals surface area (Å²) in [5.41, 5.74) is 1.68. The van der Waals surface area contributed by atoms with Crippen molar-refractivity contribution in [2.45, 2.75) is 24.2 Å². The highest BCUT2D eigenvalue weighted by molar-refractivity contribution is 8.15. The topological polar surface area (TPSA) is 97.4 Å². The molecule has 0 bridgehead atoms. The molecule has 8 nitrogen and oxygen atoms in total. The molecule has 0 amide bonds. The Hall–Kier alpha value is -1.71. The molecule has 2 aromatic rings. The molecule has 0 aromatic heterocycles. The number of ether oxygens (including phenoxy) is 2. The van der Waals surface area contributed by atoms with E-state index < -0.39 is 13.9 Å². The van der Waals surface area contributed by atoms with Crippen molar-refractivity contribution in [2.24, 2.45) is 0 Å². The van der Waals surface area contributed by atoms with Gasteiger partial charge >= 0.3 is 7.82 Å². The molecule has 1 heterocycles. The van der Waals surface area contributed by atoms with Gasteiger partial charge in [-0.2, -0.15) is 0 Å². The normalized spacial score (nSPS) is 17.4. The first kappa shape index (κ1) is 25.9. The lowest BCUT2D eigenvalue weighted by molar-refractivity contribution is -0.121. The van der Waals surface area contributed by atoms with E-state index in [4.69, 9.17) is 34.6 Å². The zero-order chi connectivity index (χ0) is 23.8. The summed E-state index contributed by atoms with van der Waals surface area (Å²) in [6.07, 6.45) is -0.0701. The number of halogens is 1. The summed E-state index contributed by atoms with van der Waals surface area (Å²) in [6, 6.07) is 14.4. The van der Waals surface area contributed by atoms with E-state index in [0.29, 0.717) is 17.2 Å². The second-order valence-electron chi connectivity index (χ2n) is 7.05. The fraction of sp³-hybridized carbons (Fsp3) is 0.364. The van der Waals surface area contributed by atoms with Crippen LogP contribution in [0.2, 0.25) is 5.02 Å². The van der Waals surface area contributed by atoms with Crippen LogP contribution in [0.25, 0.3) is 0 Å². The molecule has 11 heteroatoms. The monoisotopic (exact) mass is 514 g/mol. The molecule has 0 N–H and O–H groups in total. The van der Waals surface area contributed by atoms with E-state index >= 15 is 0 Å². The summed E-state index contributed by atoms with van der Waals surface area (Å²) in [5, 5.41) is 0.136. The largest absolute Gasteiger partial charge is 0.491 e. The molecule has 2 atom stereocenters. The van der Waals surface area contributed by atoms with E-state index in [-0.39, 0.29) is 36.0 Å². The highest BCUT2D eigenvalue weighted by Crippen LogP contribution is 2.47. The SMILES string of the molecule is COP(=O)(OC)OCOC(COc1ccc(CC2SC(=O)CC2=O)cc1)c1cccc(Cl)c1. The fourth-order valence-corrected chi connectivity index (χ4v) is 4.87. The molecular formula is C22H24ClO8PS. The van der Waals surface area contributed by atoms with Crippen molar-refractivity contribution in [1.29, 1.82) is 0 Å². The third-order valence-corrected chi connectivity index (χ3v) is 7.52. The number of benzene rings is 2. The predicted molar refractivity (Wildman–Crippen MR) is 125 cm³/mol. The van der Waals surface area contributed by atoms with Crippen LogP contribution in [0.1, 0.15) is 23.7 Å². The third kappa shape index (κ3) is 7.65. The second kappa shape index (κ2) is 12.1. The Balaban J connectivity index is 1.60.